The molecule has 1 aromatic carbocycles. The van der Waals surface area contributed by atoms with E-state index in [2.05, 4.69) is 15.3 Å². The number of carbonyl (C=O) groups excluding carboxylic acids is 2. The van der Waals surface area contributed by atoms with Crippen molar-refractivity contribution in [2.24, 2.45) is 5.41 Å². The van der Waals surface area contributed by atoms with Crippen LogP contribution in [0.1, 0.15) is 27.2 Å². The first-order valence-corrected chi connectivity index (χ1v) is 12.5. The molecule has 8 nitrogen and oxygen atoms in total. The number of pyridine rings is 2. The largest absolute Gasteiger partial charge is 0.459 e. The lowest BCUT2D eigenvalue weighted by atomic mass is 9.78. The number of carbonyl (C=O) groups is 2. The highest BCUT2D eigenvalue weighted by atomic mass is 19.4. The van der Waals surface area contributed by atoms with Gasteiger partial charge in [0.1, 0.15) is 11.3 Å². The third kappa shape index (κ3) is 5.07. The van der Waals surface area contributed by atoms with Crippen LogP contribution in [-0.2, 0) is 22.3 Å². The van der Waals surface area contributed by atoms with Crippen LogP contribution in [0.3, 0.4) is 0 Å². The second kappa shape index (κ2) is 9.91. The number of aromatic nitrogens is 2. The molecule has 0 aliphatic carbocycles. The monoisotopic (exact) mass is 548 g/mol. The van der Waals surface area contributed by atoms with Crippen LogP contribution in [0.15, 0.2) is 71.5 Å². The van der Waals surface area contributed by atoms with E-state index in [1.54, 1.807) is 47.6 Å². The zero-order chi connectivity index (χ0) is 27.9. The molecule has 2 amide bonds. The Labute approximate surface area is 226 Å². The number of fused-ring (bicyclic) bond motifs is 1. The van der Waals surface area contributed by atoms with Gasteiger partial charge >= 0.3 is 6.18 Å². The Morgan fingerprint density at radius 3 is 2.58 bits per heavy atom. The number of nitrogens with one attached hydrogen (secondary N) is 1. The van der Waals surface area contributed by atoms with E-state index in [1.807, 2.05) is 0 Å². The summed E-state index contributed by atoms with van der Waals surface area (Å²) in [6.45, 7) is 2.47. The molecule has 2 aliphatic rings. The Hall–Kier alpha value is -4.51. The maximum absolute atomic E-state index is 14.0. The summed E-state index contributed by atoms with van der Waals surface area (Å²) in [5, 5.41) is 2.82. The number of hydrogen-bond donors (Lipinski definition) is 1. The van der Waals surface area contributed by atoms with Crippen LogP contribution in [-0.4, -0.2) is 53.0 Å². The van der Waals surface area contributed by atoms with Crippen molar-refractivity contribution in [3.8, 4) is 11.3 Å². The Morgan fingerprint density at radius 2 is 1.93 bits per heavy atom. The van der Waals surface area contributed by atoms with Crippen LogP contribution in [0.5, 0.6) is 0 Å². The molecule has 11 heteroatoms. The van der Waals surface area contributed by atoms with Gasteiger partial charge in [-0.15, -0.1) is 0 Å². The number of rotatable bonds is 6. The number of nitrogens with zero attached hydrogens (tertiary/aromatic N) is 3. The highest BCUT2D eigenvalue weighted by Crippen LogP contribution is 2.40. The van der Waals surface area contributed by atoms with Gasteiger partial charge in [0, 0.05) is 48.7 Å². The van der Waals surface area contributed by atoms with Gasteiger partial charge in [-0.05, 0) is 48.0 Å². The molecule has 5 heterocycles. The van der Waals surface area contributed by atoms with Gasteiger partial charge in [-0.25, -0.2) is 0 Å². The Balaban J connectivity index is 1.19. The minimum atomic E-state index is -4.69. The van der Waals surface area contributed by atoms with Crippen LogP contribution in [0.25, 0.3) is 28.3 Å². The van der Waals surface area contributed by atoms with Crippen LogP contribution in [0.4, 0.5) is 13.2 Å². The van der Waals surface area contributed by atoms with Gasteiger partial charge in [-0.3, -0.25) is 19.6 Å². The van der Waals surface area contributed by atoms with Crippen LogP contribution < -0.4 is 5.32 Å². The quantitative estimate of drug-likeness (QED) is 0.351. The third-order valence-electron chi connectivity index (χ3n) is 6.98. The van der Waals surface area contributed by atoms with E-state index in [9.17, 15) is 22.8 Å². The third-order valence-corrected chi connectivity index (χ3v) is 6.98. The van der Waals surface area contributed by atoms with E-state index in [0.29, 0.717) is 31.9 Å². The maximum Gasteiger partial charge on any atom is 0.420 e. The summed E-state index contributed by atoms with van der Waals surface area (Å²) in [4.78, 5) is 34.9. The summed E-state index contributed by atoms with van der Waals surface area (Å²) in [5.74, 6) is -0.437. The average molecular weight is 549 g/mol. The predicted molar refractivity (Wildman–Crippen MR) is 139 cm³/mol. The van der Waals surface area contributed by atoms with Gasteiger partial charge in [0.15, 0.2) is 0 Å². The molecule has 204 valence electrons. The van der Waals surface area contributed by atoms with Crippen molar-refractivity contribution in [2.75, 3.05) is 26.3 Å². The molecule has 4 aromatic rings. The van der Waals surface area contributed by atoms with Crippen LogP contribution in [0.2, 0.25) is 0 Å². The number of benzene rings is 1. The molecule has 40 heavy (non-hydrogen) atoms. The summed E-state index contributed by atoms with van der Waals surface area (Å²) in [6.07, 6.45) is 2.77. The van der Waals surface area contributed by atoms with Crippen molar-refractivity contribution in [1.82, 2.24) is 20.2 Å². The van der Waals surface area contributed by atoms with Gasteiger partial charge in [0.25, 0.3) is 5.91 Å². The second-order valence-corrected chi connectivity index (χ2v) is 10.1. The van der Waals surface area contributed by atoms with Crippen molar-refractivity contribution in [3.63, 3.8) is 0 Å². The van der Waals surface area contributed by atoms with E-state index in [1.165, 1.54) is 24.4 Å². The summed E-state index contributed by atoms with van der Waals surface area (Å²) < 4.78 is 52.7. The zero-order valence-corrected chi connectivity index (χ0v) is 21.1. The Bertz CT molecular complexity index is 1600. The first-order chi connectivity index (χ1) is 19.2. The topological polar surface area (TPSA) is 97.6 Å². The molecule has 0 bridgehead atoms. The molecule has 2 fully saturated rings. The number of alkyl halides is 3. The Morgan fingerprint density at radius 1 is 1.10 bits per heavy atom. The second-order valence-electron chi connectivity index (χ2n) is 10.1. The molecule has 6 rings (SSSR count). The molecule has 1 N–H and O–H groups in total. The molecular formula is C29H23F3N4O4. The van der Waals surface area contributed by atoms with E-state index in [0.717, 1.165) is 11.6 Å². The highest BCUT2D eigenvalue weighted by molar-refractivity contribution is 5.95. The Kier molecular flexibility index (Phi) is 6.38. The first kappa shape index (κ1) is 25.8. The lowest BCUT2D eigenvalue weighted by Crippen LogP contribution is -2.67. The molecule has 0 atom stereocenters. The maximum atomic E-state index is 14.0. The molecule has 3 aromatic heterocycles. The van der Waals surface area contributed by atoms with Crippen molar-refractivity contribution < 1.29 is 31.9 Å². The zero-order valence-electron chi connectivity index (χ0n) is 21.1. The number of ether oxygens (including phenoxy) is 1. The van der Waals surface area contributed by atoms with Gasteiger partial charge in [0.2, 0.25) is 5.91 Å². The van der Waals surface area contributed by atoms with Crippen LogP contribution in [0, 0.1) is 5.41 Å². The van der Waals surface area contributed by atoms with Crippen LogP contribution >= 0.6 is 0 Å². The molecule has 0 radical (unpaired) electrons. The lowest BCUT2D eigenvalue weighted by molar-refractivity contribution is -0.176. The van der Waals surface area contributed by atoms with Crippen molar-refractivity contribution in [3.05, 3.63) is 89.6 Å². The molecule has 0 unspecified atom stereocenters. The van der Waals surface area contributed by atoms with E-state index in [-0.39, 0.29) is 45.9 Å². The van der Waals surface area contributed by atoms with E-state index in [4.69, 9.17) is 9.15 Å². The molecule has 2 saturated heterocycles. The van der Waals surface area contributed by atoms with Crippen molar-refractivity contribution in [2.45, 2.75) is 12.7 Å². The van der Waals surface area contributed by atoms with Crippen molar-refractivity contribution >= 4 is 28.9 Å². The SMILES string of the molecule is O=C(/C=C/c1cccnc1)NCc1cc2cc(-c3ccc(C(=O)N4CC5(COC5)C4)cn3)cc(C(F)(F)F)c2o1. The van der Waals surface area contributed by atoms with Gasteiger partial charge in [0.05, 0.1) is 42.0 Å². The number of likely N-dealkylation sites (tertiary alicyclic amines) is 1. The van der Waals surface area contributed by atoms with Gasteiger partial charge in [-0.1, -0.05) is 6.07 Å². The fourth-order valence-electron chi connectivity index (χ4n) is 4.89. The number of hydrogen-bond acceptors (Lipinski definition) is 6. The highest BCUT2D eigenvalue weighted by Gasteiger charge is 2.50. The fourth-order valence-corrected chi connectivity index (χ4v) is 4.89. The number of furan rings is 1. The predicted octanol–water partition coefficient (Wildman–Crippen LogP) is 4.71. The summed E-state index contributed by atoms with van der Waals surface area (Å²) in [7, 11) is 0. The fraction of sp³-hybridized carbons (Fsp3) is 0.241. The van der Waals surface area contributed by atoms with Crippen molar-refractivity contribution in [1.29, 1.82) is 0 Å². The number of halogens is 3. The first-order valence-electron chi connectivity index (χ1n) is 12.5. The molecule has 0 saturated carbocycles. The summed E-state index contributed by atoms with van der Waals surface area (Å²) >= 11 is 0. The van der Waals surface area contributed by atoms with Gasteiger partial charge in [-0.2, -0.15) is 13.2 Å². The molecule has 2 aliphatic heterocycles. The van der Waals surface area contributed by atoms with Gasteiger partial charge < -0.3 is 19.4 Å². The number of amides is 2. The molecule has 1 spiro atoms. The van der Waals surface area contributed by atoms with E-state index < -0.39 is 17.6 Å². The minimum Gasteiger partial charge on any atom is -0.459 e. The summed E-state index contributed by atoms with van der Waals surface area (Å²) in [6, 6.07) is 10.6. The normalized spacial score (nSPS) is 16.2. The standard InChI is InChI=1S/C29H23F3N4O4/c30-29(31,32)23-10-20(24-5-4-19(12-34-24)27(38)36-14-28(15-36)16-39-17-28)8-21-9-22(40-26(21)23)13-35-25(37)6-3-18-2-1-7-33-11-18/h1-12H,13-17H2,(H,35,37)/b6-3+. The lowest BCUT2D eigenvalue weighted by Gasteiger charge is -2.54. The average Bonchev–Trinajstić information content (AvgIpc) is 3.31. The molecular weight excluding hydrogens is 525 g/mol. The smallest absolute Gasteiger partial charge is 0.420 e. The van der Waals surface area contributed by atoms with E-state index >= 15 is 0 Å². The minimum absolute atomic E-state index is 0.0786. The summed E-state index contributed by atoms with van der Waals surface area (Å²) in [5.41, 5.74) is 0.406.